The van der Waals surface area contributed by atoms with Gasteiger partial charge in [0.2, 0.25) is 5.95 Å². The van der Waals surface area contributed by atoms with Crippen molar-refractivity contribution in [3.05, 3.63) is 351 Å². The minimum absolute atomic E-state index is 0.269. The summed E-state index contributed by atoms with van der Waals surface area (Å²) in [7, 11) is 0. The first kappa shape index (κ1) is 57.3. The molecule has 0 fully saturated rings. The summed E-state index contributed by atoms with van der Waals surface area (Å²) >= 11 is 0. The Kier molecular flexibility index (Phi) is 12.9. The van der Waals surface area contributed by atoms with Crippen LogP contribution >= 0.6 is 0 Å². The number of furan rings is 1. The van der Waals surface area contributed by atoms with Crippen LogP contribution in [0.5, 0.6) is 0 Å². The van der Waals surface area contributed by atoms with Gasteiger partial charge in [0.15, 0.2) is 5.58 Å². The summed E-state index contributed by atoms with van der Waals surface area (Å²) in [5.74, 6) is 0.550. The number of rotatable bonds is 10. The van der Waals surface area contributed by atoms with Gasteiger partial charge >= 0.3 is 0 Å². The van der Waals surface area contributed by atoms with E-state index < -0.39 is 0 Å². The molecule has 5 heteroatoms. The molecule has 3 heterocycles. The van der Waals surface area contributed by atoms with Crippen molar-refractivity contribution < 1.29 is 4.42 Å². The Bertz CT molecular complexity index is 6490. The summed E-state index contributed by atoms with van der Waals surface area (Å²) < 4.78 is 9.93. The molecule has 1 aliphatic carbocycles. The van der Waals surface area contributed by atoms with Gasteiger partial charge in [0, 0.05) is 54.8 Å². The molecule has 0 N–H and O–H groups in total. The molecule has 0 unspecified atom stereocenters. The second-order valence-corrected chi connectivity index (χ2v) is 27.1. The predicted octanol–water partition coefficient (Wildman–Crippen LogP) is 25.9. The zero-order valence-electron chi connectivity index (χ0n) is 55.0. The number of nitrogens with zero attached hydrogens (tertiary/aromatic N) is 4. The molecule has 3 aromatic heterocycles. The van der Waals surface area contributed by atoms with Crippen LogP contribution in [0.1, 0.15) is 25.0 Å². The number of hydrogen-bond acceptors (Lipinski definition) is 4. The molecule has 0 bridgehead atoms. The summed E-state index contributed by atoms with van der Waals surface area (Å²) in [5.41, 5.74) is 24.5. The normalized spacial score (nSPS) is 12.6. The van der Waals surface area contributed by atoms with Crippen LogP contribution < -0.4 is 4.90 Å². The number of fused-ring (bicyclic) bond motifs is 20. The quantitative estimate of drug-likeness (QED) is 0.128. The fraction of sp³-hybridized carbons (Fsp3) is 0.0316. The lowest BCUT2D eigenvalue weighted by atomic mass is 9.81. The van der Waals surface area contributed by atoms with Gasteiger partial charge in [-0.25, -0.2) is 9.97 Å². The van der Waals surface area contributed by atoms with Crippen molar-refractivity contribution in [1.29, 1.82) is 0 Å². The molecule has 19 aromatic rings. The first-order valence-electron chi connectivity index (χ1n) is 34.4. The molecule has 100 heavy (non-hydrogen) atoms. The standard InChI is InChI=1S/C95H62N4O/c1-95(2)82-41-19-18-36-74(82)79-40-22-42-85(90(79)95)98(69-50-47-63(48-51-69)62-45-43-61(44-46-62)59-23-6-3-7-24-59)70-32-21-30-66(56-70)67-49-54-86-81(57-67)89-77-39-17-16-38-76(77)88-80-53-52-78-73-35-13-12-33-71(73)72-34-14-15-37-75(72)87(78)91(80)99(92(88)93(89)100-86)94-96-83(64-27-10-5-11-28-64)58-84(97-94)68-31-20-29-65(55-68)60-25-8-4-9-26-60/h3-58H,1-2H3. The summed E-state index contributed by atoms with van der Waals surface area (Å²) in [6.07, 6.45) is 0. The van der Waals surface area contributed by atoms with Gasteiger partial charge < -0.3 is 9.32 Å². The zero-order valence-corrected chi connectivity index (χ0v) is 55.0. The minimum atomic E-state index is -0.269. The zero-order chi connectivity index (χ0) is 66.2. The highest BCUT2D eigenvalue weighted by Crippen LogP contribution is 2.55. The van der Waals surface area contributed by atoms with Crippen LogP contribution in [0.3, 0.4) is 0 Å². The lowest BCUT2D eigenvalue weighted by molar-refractivity contribution is 0.661. The minimum Gasteiger partial charge on any atom is -0.454 e. The van der Waals surface area contributed by atoms with Gasteiger partial charge in [-0.3, -0.25) is 4.57 Å². The molecule has 0 atom stereocenters. The van der Waals surface area contributed by atoms with E-state index in [0.29, 0.717) is 5.95 Å². The highest BCUT2D eigenvalue weighted by Gasteiger charge is 2.39. The molecule has 16 aromatic carbocycles. The first-order chi connectivity index (χ1) is 49.4. The molecule has 0 radical (unpaired) electrons. The molecule has 0 amide bonds. The number of hydrogen-bond donors (Lipinski definition) is 0. The highest BCUT2D eigenvalue weighted by molar-refractivity contribution is 6.40. The smallest absolute Gasteiger partial charge is 0.235 e. The third-order valence-corrected chi connectivity index (χ3v) is 21.1. The Morgan fingerprint density at radius 3 is 1.43 bits per heavy atom. The number of anilines is 3. The average molecular weight is 1280 g/mol. The Hall–Kier alpha value is -13.0. The van der Waals surface area contributed by atoms with Crippen LogP contribution in [0.4, 0.5) is 17.1 Å². The Balaban J connectivity index is 0.815. The summed E-state index contributed by atoms with van der Waals surface area (Å²) in [5, 5.41) is 13.5. The van der Waals surface area contributed by atoms with E-state index in [-0.39, 0.29) is 5.41 Å². The van der Waals surface area contributed by atoms with Crippen molar-refractivity contribution in [3.8, 4) is 84.1 Å². The predicted molar refractivity (Wildman–Crippen MR) is 419 cm³/mol. The maximum absolute atomic E-state index is 7.57. The monoisotopic (exact) mass is 1270 g/mol. The summed E-state index contributed by atoms with van der Waals surface area (Å²) in [6, 6.07) is 124. The third kappa shape index (κ3) is 8.95. The van der Waals surface area contributed by atoms with E-state index in [2.05, 4.69) is 363 Å². The van der Waals surface area contributed by atoms with Gasteiger partial charge in [0.05, 0.1) is 22.6 Å². The molecule has 0 saturated heterocycles. The van der Waals surface area contributed by atoms with Crippen LogP contribution in [0.15, 0.2) is 344 Å². The molecule has 20 rings (SSSR count). The van der Waals surface area contributed by atoms with Gasteiger partial charge in [-0.05, 0) is 159 Å². The Labute approximate surface area is 578 Å². The van der Waals surface area contributed by atoms with Crippen molar-refractivity contribution in [1.82, 2.24) is 14.5 Å². The van der Waals surface area contributed by atoms with E-state index in [1.54, 1.807) is 0 Å². The van der Waals surface area contributed by atoms with Crippen molar-refractivity contribution in [2.24, 2.45) is 0 Å². The molecule has 1 aliphatic rings. The van der Waals surface area contributed by atoms with E-state index in [0.717, 1.165) is 138 Å². The fourth-order valence-corrected chi connectivity index (χ4v) is 16.6. The van der Waals surface area contributed by atoms with Crippen LogP contribution in [-0.2, 0) is 5.41 Å². The van der Waals surface area contributed by atoms with E-state index in [4.69, 9.17) is 14.4 Å². The molecule has 0 spiro atoms. The third-order valence-electron chi connectivity index (χ3n) is 21.1. The molecule has 0 saturated carbocycles. The maximum Gasteiger partial charge on any atom is 0.235 e. The van der Waals surface area contributed by atoms with Gasteiger partial charge in [-0.2, -0.15) is 0 Å². The highest BCUT2D eigenvalue weighted by atomic mass is 16.3. The lowest BCUT2D eigenvalue weighted by Gasteiger charge is -2.32. The molecular formula is C95H62N4O. The second kappa shape index (κ2) is 22.6. The summed E-state index contributed by atoms with van der Waals surface area (Å²) in [6.45, 7) is 4.76. The fourth-order valence-electron chi connectivity index (χ4n) is 16.6. The second-order valence-electron chi connectivity index (χ2n) is 27.1. The Morgan fingerprint density at radius 2 is 0.750 bits per heavy atom. The van der Waals surface area contributed by atoms with E-state index in [1.165, 1.54) is 55.1 Å². The topological polar surface area (TPSA) is 47.1 Å². The van der Waals surface area contributed by atoms with Gasteiger partial charge in [-0.1, -0.05) is 299 Å². The number of aromatic nitrogens is 3. The lowest BCUT2D eigenvalue weighted by Crippen LogP contribution is -2.20. The van der Waals surface area contributed by atoms with Gasteiger partial charge in [0.1, 0.15) is 11.1 Å². The number of benzene rings is 16. The molecule has 5 nitrogen and oxygen atoms in total. The Morgan fingerprint density at radius 1 is 0.300 bits per heavy atom. The van der Waals surface area contributed by atoms with Gasteiger partial charge in [-0.15, -0.1) is 0 Å². The average Bonchev–Trinajstić information content (AvgIpc) is 1.54. The van der Waals surface area contributed by atoms with Crippen molar-refractivity contribution in [2.45, 2.75) is 19.3 Å². The van der Waals surface area contributed by atoms with E-state index in [1.807, 2.05) is 0 Å². The van der Waals surface area contributed by atoms with Crippen LogP contribution in [0.25, 0.3) is 171 Å². The van der Waals surface area contributed by atoms with Gasteiger partial charge in [0.25, 0.3) is 0 Å². The first-order valence-corrected chi connectivity index (χ1v) is 34.4. The largest absolute Gasteiger partial charge is 0.454 e. The van der Waals surface area contributed by atoms with Crippen molar-refractivity contribution in [3.63, 3.8) is 0 Å². The molecule has 468 valence electrons. The van der Waals surface area contributed by atoms with E-state index >= 15 is 0 Å². The van der Waals surface area contributed by atoms with Crippen molar-refractivity contribution in [2.75, 3.05) is 4.90 Å². The maximum atomic E-state index is 7.57. The van der Waals surface area contributed by atoms with Crippen molar-refractivity contribution >= 4 is 104 Å². The molecule has 0 aliphatic heterocycles. The molecular weight excluding hydrogens is 1210 g/mol. The van der Waals surface area contributed by atoms with Crippen LogP contribution in [0.2, 0.25) is 0 Å². The van der Waals surface area contributed by atoms with Crippen LogP contribution in [-0.4, -0.2) is 14.5 Å². The summed E-state index contributed by atoms with van der Waals surface area (Å²) in [4.78, 5) is 14.0. The van der Waals surface area contributed by atoms with E-state index in [9.17, 15) is 0 Å². The SMILES string of the molecule is CC1(C)c2ccccc2-c2cccc(N(c3ccc(-c4ccc(-c5ccccc5)cc4)cc3)c3cccc(-c4ccc5oc6c(c5c4)c4ccccc4c4c5ccc7c8ccccc8c8ccccc8c7c5n(-c5nc(-c7ccccc7)cc(-c7cccc(-c8ccccc8)c7)n5)c64)c3)c21. The van der Waals surface area contributed by atoms with Crippen LogP contribution in [0, 0.1) is 0 Å².